The van der Waals surface area contributed by atoms with Crippen LogP contribution in [0.2, 0.25) is 5.02 Å². The molecule has 156 valence electrons. The summed E-state index contributed by atoms with van der Waals surface area (Å²) < 4.78 is 7.99. The number of benzene rings is 2. The topological polar surface area (TPSA) is 69.0 Å². The lowest BCUT2D eigenvalue weighted by molar-refractivity contribution is -0.118. The van der Waals surface area contributed by atoms with Gasteiger partial charge in [0.05, 0.1) is 5.02 Å². The molecule has 31 heavy (non-hydrogen) atoms. The molecule has 6 nitrogen and oxygen atoms in total. The van der Waals surface area contributed by atoms with Gasteiger partial charge in [-0.25, -0.2) is 4.98 Å². The van der Waals surface area contributed by atoms with Crippen molar-refractivity contribution in [3.05, 3.63) is 71.6 Å². The molecule has 1 amide bonds. The second-order valence-corrected chi connectivity index (χ2v) is 7.95. The lowest BCUT2D eigenvalue weighted by atomic mass is 10.1. The Labute approximate surface area is 184 Å². The maximum atomic E-state index is 12.4. The number of imidazole rings is 1. The first kappa shape index (κ1) is 19.6. The number of fused-ring (bicyclic) bond motifs is 2. The van der Waals surface area contributed by atoms with E-state index in [1.165, 1.54) is 18.5 Å². The molecule has 0 spiro atoms. The van der Waals surface area contributed by atoms with Gasteiger partial charge < -0.3 is 14.6 Å². The average molecular weight is 433 g/mol. The van der Waals surface area contributed by atoms with Crippen molar-refractivity contribution in [2.24, 2.45) is 0 Å². The van der Waals surface area contributed by atoms with E-state index >= 15 is 0 Å². The van der Waals surface area contributed by atoms with E-state index < -0.39 is 0 Å². The van der Waals surface area contributed by atoms with Crippen LogP contribution in [0.5, 0.6) is 5.75 Å². The summed E-state index contributed by atoms with van der Waals surface area (Å²) in [6.07, 6.45) is 7.13. The first-order chi connectivity index (χ1) is 15.2. The second-order valence-electron chi connectivity index (χ2n) is 7.54. The smallest absolute Gasteiger partial charge is 0.262 e. The predicted octanol–water partition coefficient (Wildman–Crippen LogP) is 5.11. The minimum absolute atomic E-state index is 0.122. The maximum Gasteiger partial charge on any atom is 0.262 e. The lowest BCUT2D eigenvalue weighted by Crippen LogP contribution is -2.20. The van der Waals surface area contributed by atoms with Crippen LogP contribution in [0, 0.1) is 0 Å². The van der Waals surface area contributed by atoms with Gasteiger partial charge in [-0.05, 0) is 67.8 Å². The van der Waals surface area contributed by atoms with Gasteiger partial charge >= 0.3 is 0 Å². The van der Waals surface area contributed by atoms with Gasteiger partial charge in [-0.2, -0.15) is 0 Å². The fourth-order valence-corrected chi connectivity index (χ4v) is 4.15. The van der Waals surface area contributed by atoms with Crippen molar-refractivity contribution in [1.82, 2.24) is 14.5 Å². The van der Waals surface area contributed by atoms with Crippen LogP contribution in [0.1, 0.15) is 18.5 Å². The molecule has 0 fully saturated rings. The quantitative estimate of drug-likeness (QED) is 0.476. The molecule has 1 aliphatic heterocycles. The number of amides is 1. The number of nitrogens with zero attached hydrogens (tertiary/aromatic N) is 3. The van der Waals surface area contributed by atoms with Gasteiger partial charge in [-0.3, -0.25) is 9.78 Å². The van der Waals surface area contributed by atoms with E-state index in [0.29, 0.717) is 22.0 Å². The molecule has 1 N–H and O–H groups in total. The van der Waals surface area contributed by atoms with Crippen LogP contribution in [0.25, 0.3) is 22.3 Å². The van der Waals surface area contributed by atoms with Gasteiger partial charge in [0.25, 0.3) is 5.91 Å². The molecule has 0 unspecified atom stereocenters. The molecule has 5 rings (SSSR count). The molecule has 0 bridgehead atoms. The van der Waals surface area contributed by atoms with E-state index in [4.69, 9.17) is 16.3 Å². The normalized spacial score (nSPS) is 13.1. The Bertz CT molecular complexity index is 1250. The summed E-state index contributed by atoms with van der Waals surface area (Å²) in [6.45, 7) is 0.886. The number of anilines is 1. The van der Waals surface area contributed by atoms with Crippen molar-refractivity contribution in [3.63, 3.8) is 0 Å². The average Bonchev–Trinajstić information content (AvgIpc) is 3.24. The lowest BCUT2D eigenvalue weighted by Gasteiger charge is -2.16. The molecule has 4 aromatic rings. The number of rotatable bonds is 5. The van der Waals surface area contributed by atoms with Crippen LogP contribution in [-0.4, -0.2) is 27.0 Å². The first-order valence-electron chi connectivity index (χ1n) is 10.3. The highest BCUT2D eigenvalue weighted by molar-refractivity contribution is 6.35. The van der Waals surface area contributed by atoms with E-state index in [1.807, 2.05) is 42.6 Å². The van der Waals surface area contributed by atoms with E-state index in [1.54, 1.807) is 18.3 Å². The Morgan fingerprint density at radius 2 is 1.97 bits per heavy atom. The van der Waals surface area contributed by atoms with Gasteiger partial charge in [0.2, 0.25) is 0 Å². The van der Waals surface area contributed by atoms with Crippen LogP contribution in [-0.2, 0) is 17.8 Å². The van der Waals surface area contributed by atoms with Crippen molar-refractivity contribution >= 4 is 34.1 Å². The summed E-state index contributed by atoms with van der Waals surface area (Å²) in [5.41, 5.74) is 3.68. The zero-order chi connectivity index (χ0) is 21.2. The number of carbonyl (C=O) groups excluding carboxylic acids is 1. The number of halogens is 1. The van der Waals surface area contributed by atoms with Gasteiger partial charge in [-0.1, -0.05) is 11.6 Å². The third kappa shape index (κ3) is 3.99. The van der Waals surface area contributed by atoms with E-state index in [0.717, 1.165) is 29.7 Å². The van der Waals surface area contributed by atoms with Crippen molar-refractivity contribution < 1.29 is 9.53 Å². The molecule has 3 heterocycles. The number of carbonyl (C=O) groups is 1. The largest absolute Gasteiger partial charge is 0.481 e. The molecule has 0 aliphatic carbocycles. The van der Waals surface area contributed by atoms with Crippen molar-refractivity contribution in [2.75, 3.05) is 11.9 Å². The van der Waals surface area contributed by atoms with Crippen molar-refractivity contribution in [3.8, 4) is 17.1 Å². The molecular weight excluding hydrogens is 412 g/mol. The fraction of sp³-hybridized carbons (Fsp3) is 0.208. The Morgan fingerprint density at radius 3 is 2.84 bits per heavy atom. The van der Waals surface area contributed by atoms with Crippen LogP contribution >= 0.6 is 11.6 Å². The molecule has 0 saturated heterocycles. The maximum absolute atomic E-state index is 12.4. The molecule has 7 heteroatoms. The standard InChI is InChI=1S/C24H21ClN4O2/c25-20-10-11-21(23-19(20)5-3-12-26-23)31-15-22(30)28-17-8-6-16(7-9-17)24-27-14-18-4-1-2-13-29(18)24/h3,5-12,14H,1-2,4,13,15H2,(H,28,30). The van der Waals surface area contributed by atoms with Crippen LogP contribution in [0.4, 0.5) is 5.69 Å². The van der Waals surface area contributed by atoms with Gasteiger partial charge in [0, 0.05) is 41.3 Å². The number of nitrogens with one attached hydrogen (secondary N) is 1. The highest BCUT2D eigenvalue weighted by atomic mass is 35.5. The zero-order valence-corrected chi connectivity index (χ0v) is 17.6. The van der Waals surface area contributed by atoms with E-state index in [9.17, 15) is 4.79 Å². The third-order valence-corrected chi connectivity index (χ3v) is 5.80. The SMILES string of the molecule is O=C(COc1ccc(Cl)c2cccnc12)Nc1ccc(-c2ncc3n2CCCC3)cc1. The first-order valence-corrected chi connectivity index (χ1v) is 10.7. The van der Waals surface area contributed by atoms with E-state index in [-0.39, 0.29) is 12.5 Å². The Hall–Kier alpha value is -3.38. The minimum Gasteiger partial charge on any atom is -0.481 e. The van der Waals surface area contributed by atoms with Crippen LogP contribution < -0.4 is 10.1 Å². The highest BCUT2D eigenvalue weighted by Crippen LogP contribution is 2.30. The van der Waals surface area contributed by atoms with E-state index in [2.05, 4.69) is 19.9 Å². The third-order valence-electron chi connectivity index (χ3n) is 5.47. The number of aromatic nitrogens is 3. The van der Waals surface area contributed by atoms with Crippen LogP contribution in [0.15, 0.2) is 60.9 Å². The number of pyridine rings is 1. The second kappa shape index (κ2) is 8.40. The summed E-state index contributed by atoms with van der Waals surface area (Å²) in [7, 11) is 0. The highest BCUT2D eigenvalue weighted by Gasteiger charge is 2.15. The van der Waals surface area contributed by atoms with Gasteiger partial charge in [0.1, 0.15) is 17.1 Å². The summed E-state index contributed by atoms with van der Waals surface area (Å²) >= 11 is 6.21. The van der Waals surface area contributed by atoms with Crippen molar-refractivity contribution in [1.29, 1.82) is 0 Å². The monoisotopic (exact) mass is 432 g/mol. The number of ether oxygens (including phenoxy) is 1. The molecule has 1 aliphatic rings. The Morgan fingerprint density at radius 1 is 1.10 bits per heavy atom. The Balaban J connectivity index is 1.24. The Kier molecular flexibility index (Phi) is 5.30. The fourth-order valence-electron chi connectivity index (χ4n) is 3.94. The molecular formula is C24H21ClN4O2. The summed E-state index contributed by atoms with van der Waals surface area (Å²) in [5.74, 6) is 1.26. The van der Waals surface area contributed by atoms with Crippen LogP contribution in [0.3, 0.4) is 0 Å². The van der Waals surface area contributed by atoms with Gasteiger partial charge in [-0.15, -0.1) is 0 Å². The number of hydrogen-bond acceptors (Lipinski definition) is 4. The molecule has 2 aromatic carbocycles. The molecule has 2 aromatic heterocycles. The molecule has 0 atom stereocenters. The molecule has 0 radical (unpaired) electrons. The zero-order valence-electron chi connectivity index (χ0n) is 16.8. The summed E-state index contributed by atoms with van der Waals surface area (Å²) in [5, 5.41) is 4.26. The summed E-state index contributed by atoms with van der Waals surface area (Å²) in [6, 6.07) is 14.9. The number of hydrogen-bond donors (Lipinski definition) is 1. The van der Waals surface area contributed by atoms with Gasteiger partial charge in [0.15, 0.2) is 6.61 Å². The molecule has 0 saturated carbocycles. The predicted molar refractivity (Wildman–Crippen MR) is 121 cm³/mol. The van der Waals surface area contributed by atoms with Crippen molar-refractivity contribution in [2.45, 2.75) is 25.8 Å². The summed E-state index contributed by atoms with van der Waals surface area (Å²) in [4.78, 5) is 21.3. The minimum atomic E-state index is -0.245. The number of aryl methyl sites for hydroxylation is 1.